The van der Waals surface area contributed by atoms with E-state index in [1.165, 1.54) is 17.2 Å². The summed E-state index contributed by atoms with van der Waals surface area (Å²) in [6.07, 6.45) is 1.02. The first-order chi connectivity index (χ1) is 9.90. The molecule has 1 atom stereocenters. The summed E-state index contributed by atoms with van der Waals surface area (Å²) in [5, 5.41) is 8.08. The molecule has 0 aliphatic carbocycles. The maximum absolute atomic E-state index is 11.1. The molecule has 5 nitrogen and oxygen atoms in total. The van der Waals surface area contributed by atoms with Crippen molar-refractivity contribution in [2.24, 2.45) is 5.14 Å². The summed E-state index contributed by atoms with van der Waals surface area (Å²) >= 11 is 0. The second kappa shape index (κ2) is 6.43. The minimum absolute atomic E-state index is 0.138. The van der Waals surface area contributed by atoms with Crippen molar-refractivity contribution in [2.45, 2.75) is 37.9 Å². The van der Waals surface area contributed by atoms with E-state index >= 15 is 0 Å². The van der Waals surface area contributed by atoms with Crippen LogP contribution in [0.3, 0.4) is 0 Å². The number of nitrogens with one attached hydrogen (secondary N) is 1. The number of sulfonamides is 1. The average molecular weight is 308 g/mol. The van der Waals surface area contributed by atoms with Gasteiger partial charge in [-0.15, -0.1) is 0 Å². The third kappa shape index (κ3) is 4.17. The SMILES string of the molecule is CCc1ccc(C(C)NCc2ccc(S(N)(=O)=O)o2)cc1. The third-order valence-electron chi connectivity index (χ3n) is 3.39. The van der Waals surface area contributed by atoms with Crippen molar-refractivity contribution in [2.75, 3.05) is 0 Å². The Morgan fingerprint density at radius 1 is 1.19 bits per heavy atom. The Bertz CT molecular complexity index is 690. The average Bonchev–Trinajstić information content (AvgIpc) is 2.94. The van der Waals surface area contributed by atoms with Gasteiger partial charge in [-0.25, -0.2) is 13.6 Å². The number of benzene rings is 1. The zero-order chi connectivity index (χ0) is 15.5. The van der Waals surface area contributed by atoms with Gasteiger partial charge in [0.1, 0.15) is 5.76 Å². The first-order valence-corrected chi connectivity index (χ1v) is 8.38. The van der Waals surface area contributed by atoms with Gasteiger partial charge in [0.25, 0.3) is 10.0 Å². The second-order valence-electron chi connectivity index (χ2n) is 4.96. The molecule has 2 aromatic rings. The van der Waals surface area contributed by atoms with Crippen molar-refractivity contribution < 1.29 is 12.8 Å². The van der Waals surface area contributed by atoms with Crippen LogP contribution < -0.4 is 10.5 Å². The van der Waals surface area contributed by atoms with Crippen molar-refractivity contribution >= 4 is 10.0 Å². The quantitative estimate of drug-likeness (QED) is 0.857. The van der Waals surface area contributed by atoms with E-state index in [1.54, 1.807) is 6.07 Å². The van der Waals surface area contributed by atoms with Crippen LogP contribution in [0.5, 0.6) is 0 Å². The Hall–Kier alpha value is -1.63. The van der Waals surface area contributed by atoms with E-state index < -0.39 is 10.0 Å². The molecule has 0 aliphatic heterocycles. The number of aryl methyl sites for hydroxylation is 1. The van der Waals surface area contributed by atoms with Crippen LogP contribution in [0.15, 0.2) is 45.9 Å². The maximum atomic E-state index is 11.1. The zero-order valence-corrected chi connectivity index (χ0v) is 13.0. The van der Waals surface area contributed by atoms with Gasteiger partial charge in [0, 0.05) is 6.04 Å². The van der Waals surface area contributed by atoms with Crippen LogP contribution in [0.2, 0.25) is 0 Å². The minimum Gasteiger partial charge on any atom is -0.447 e. The molecule has 1 aromatic carbocycles. The molecule has 0 saturated heterocycles. The van der Waals surface area contributed by atoms with E-state index in [4.69, 9.17) is 9.56 Å². The van der Waals surface area contributed by atoms with E-state index in [1.807, 2.05) is 6.92 Å². The minimum atomic E-state index is -3.77. The van der Waals surface area contributed by atoms with Gasteiger partial charge in [-0.05, 0) is 36.6 Å². The summed E-state index contributed by atoms with van der Waals surface area (Å²) in [5.74, 6) is 0.538. The number of hydrogen-bond donors (Lipinski definition) is 2. The lowest BCUT2D eigenvalue weighted by Crippen LogP contribution is -2.17. The van der Waals surface area contributed by atoms with Gasteiger partial charge in [-0.2, -0.15) is 0 Å². The molecule has 0 aliphatic rings. The van der Waals surface area contributed by atoms with Crippen LogP contribution in [0.25, 0.3) is 0 Å². The van der Waals surface area contributed by atoms with Gasteiger partial charge in [0.15, 0.2) is 0 Å². The summed E-state index contributed by atoms with van der Waals surface area (Å²) in [4.78, 5) is 0. The molecule has 114 valence electrons. The predicted octanol–water partition coefficient (Wildman–Crippen LogP) is 2.34. The molecule has 3 N–H and O–H groups in total. The number of hydrogen-bond acceptors (Lipinski definition) is 4. The van der Waals surface area contributed by atoms with Gasteiger partial charge < -0.3 is 9.73 Å². The molecule has 0 fully saturated rings. The Balaban J connectivity index is 1.97. The van der Waals surface area contributed by atoms with E-state index in [-0.39, 0.29) is 11.1 Å². The highest BCUT2D eigenvalue weighted by atomic mass is 32.2. The molecule has 6 heteroatoms. The van der Waals surface area contributed by atoms with E-state index in [9.17, 15) is 8.42 Å². The first-order valence-electron chi connectivity index (χ1n) is 6.84. The first kappa shape index (κ1) is 15.8. The highest BCUT2D eigenvalue weighted by Crippen LogP contribution is 2.16. The fourth-order valence-corrected chi connectivity index (χ4v) is 2.50. The van der Waals surface area contributed by atoms with Crippen LogP contribution in [0.4, 0.5) is 0 Å². The normalized spacial score (nSPS) is 13.3. The molecule has 21 heavy (non-hydrogen) atoms. The van der Waals surface area contributed by atoms with Crippen LogP contribution in [-0.4, -0.2) is 8.42 Å². The van der Waals surface area contributed by atoms with Gasteiger partial charge in [0.05, 0.1) is 6.54 Å². The van der Waals surface area contributed by atoms with Crippen molar-refractivity contribution in [3.8, 4) is 0 Å². The Morgan fingerprint density at radius 2 is 1.86 bits per heavy atom. The Labute approximate surface area is 125 Å². The van der Waals surface area contributed by atoms with Gasteiger partial charge >= 0.3 is 0 Å². The van der Waals surface area contributed by atoms with E-state index in [0.717, 1.165) is 6.42 Å². The predicted molar refractivity (Wildman–Crippen MR) is 81.2 cm³/mol. The molecular formula is C15H20N2O3S. The topological polar surface area (TPSA) is 85.3 Å². The number of primary sulfonamides is 1. The molecule has 1 aromatic heterocycles. The van der Waals surface area contributed by atoms with Gasteiger partial charge in [0.2, 0.25) is 5.09 Å². The molecule has 0 spiro atoms. The fraction of sp³-hybridized carbons (Fsp3) is 0.333. The molecule has 0 radical (unpaired) electrons. The third-order valence-corrected chi connectivity index (χ3v) is 4.17. The smallest absolute Gasteiger partial charge is 0.271 e. The molecule has 0 saturated carbocycles. The van der Waals surface area contributed by atoms with Crippen molar-refractivity contribution in [3.05, 3.63) is 53.3 Å². The molecule has 1 heterocycles. The van der Waals surface area contributed by atoms with Crippen molar-refractivity contribution in [3.63, 3.8) is 0 Å². The summed E-state index contributed by atoms with van der Waals surface area (Å²) in [6, 6.07) is 11.5. The monoisotopic (exact) mass is 308 g/mol. The highest BCUT2D eigenvalue weighted by Gasteiger charge is 2.13. The van der Waals surface area contributed by atoms with Gasteiger partial charge in [-0.1, -0.05) is 31.2 Å². The largest absolute Gasteiger partial charge is 0.447 e. The lowest BCUT2D eigenvalue weighted by Gasteiger charge is -2.13. The Morgan fingerprint density at radius 3 is 2.38 bits per heavy atom. The van der Waals surface area contributed by atoms with Crippen LogP contribution in [0.1, 0.15) is 36.8 Å². The molecule has 0 amide bonds. The van der Waals surface area contributed by atoms with Gasteiger partial charge in [-0.3, -0.25) is 0 Å². The zero-order valence-electron chi connectivity index (χ0n) is 12.2. The molecule has 1 unspecified atom stereocenters. The fourth-order valence-electron chi connectivity index (χ4n) is 2.02. The summed E-state index contributed by atoms with van der Waals surface area (Å²) in [5.41, 5.74) is 2.47. The van der Waals surface area contributed by atoms with E-state index in [0.29, 0.717) is 12.3 Å². The number of furan rings is 1. The number of rotatable bonds is 6. The van der Waals surface area contributed by atoms with Crippen LogP contribution >= 0.6 is 0 Å². The molecule has 2 rings (SSSR count). The van der Waals surface area contributed by atoms with Crippen molar-refractivity contribution in [1.29, 1.82) is 0 Å². The summed E-state index contributed by atoms with van der Waals surface area (Å²) in [6.45, 7) is 4.60. The maximum Gasteiger partial charge on any atom is 0.271 e. The van der Waals surface area contributed by atoms with E-state index in [2.05, 4.69) is 36.5 Å². The highest BCUT2D eigenvalue weighted by molar-refractivity contribution is 7.89. The van der Waals surface area contributed by atoms with Crippen LogP contribution in [-0.2, 0) is 23.0 Å². The second-order valence-corrected chi connectivity index (χ2v) is 6.46. The lowest BCUT2D eigenvalue weighted by atomic mass is 10.1. The van der Waals surface area contributed by atoms with Crippen molar-refractivity contribution in [1.82, 2.24) is 5.32 Å². The van der Waals surface area contributed by atoms with Crippen LogP contribution in [0, 0.1) is 0 Å². The summed E-state index contributed by atoms with van der Waals surface area (Å²) < 4.78 is 27.5. The summed E-state index contributed by atoms with van der Waals surface area (Å²) in [7, 11) is -3.77. The standard InChI is InChI=1S/C15H20N2O3S/c1-3-12-4-6-13(7-5-12)11(2)17-10-14-8-9-15(20-14)21(16,18)19/h4-9,11,17H,3,10H2,1-2H3,(H2,16,18,19). The molecular weight excluding hydrogens is 288 g/mol. The Kier molecular flexibility index (Phi) is 4.82. The lowest BCUT2D eigenvalue weighted by molar-refractivity contribution is 0.393. The molecule has 0 bridgehead atoms. The number of nitrogens with two attached hydrogens (primary N) is 1.